The van der Waals surface area contributed by atoms with E-state index in [0.717, 1.165) is 44.6 Å². The van der Waals surface area contributed by atoms with E-state index in [1.54, 1.807) is 0 Å². The lowest BCUT2D eigenvalue weighted by Crippen LogP contribution is -2.28. The number of benzene rings is 9. The fraction of sp³-hybridized carbons (Fsp3) is 0.0182. The van der Waals surface area contributed by atoms with Crippen molar-refractivity contribution in [3.63, 3.8) is 0 Å². The van der Waals surface area contributed by atoms with Crippen molar-refractivity contribution in [3.05, 3.63) is 235 Å². The summed E-state index contributed by atoms with van der Waals surface area (Å²) in [4.78, 5) is 2.46. The number of furan rings is 1. The van der Waals surface area contributed by atoms with Crippen LogP contribution >= 0.6 is 11.3 Å². The molecule has 2 aromatic heterocycles. The first-order chi connectivity index (χ1) is 28.8. The summed E-state index contributed by atoms with van der Waals surface area (Å²) >= 11 is 1.87. The second kappa shape index (κ2) is 12.9. The van der Waals surface area contributed by atoms with Gasteiger partial charge < -0.3 is 9.32 Å². The largest absolute Gasteiger partial charge is 0.456 e. The van der Waals surface area contributed by atoms with Crippen molar-refractivity contribution < 1.29 is 4.42 Å². The SMILES string of the molecule is c1ccc(C2(c3ccccc3)c3ccccc3-c3cc(N(c4ccc(-c5cccc6oc7ccccc7c56)cc4)c4cccc5c4sc4ccccc45)ccc32)cc1. The van der Waals surface area contributed by atoms with E-state index in [9.17, 15) is 0 Å². The Labute approximate surface area is 340 Å². The third-order valence-electron chi connectivity index (χ3n) is 12.2. The van der Waals surface area contributed by atoms with E-state index in [0.29, 0.717) is 0 Å². The molecular formula is C55H35NOS. The molecule has 0 radical (unpaired) electrons. The van der Waals surface area contributed by atoms with Crippen LogP contribution < -0.4 is 4.90 Å². The zero-order valence-corrected chi connectivity index (χ0v) is 32.3. The van der Waals surface area contributed by atoms with Gasteiger partial charge in [0.15, 0.2) is 0 Å². The normalized spacial score (nSPS) is 13.0. The number of hydrogen-bond donors (Lipinski definition) is 0. The molecule has 3 heteroatoms. The average molecular weight is 758 g/mol. The third kappa shape index (κ3) is 4.78. The minimum Gasteiger partial charge on any atom is -0.456 e. The van der Waals surface area contributed by atoms with Crippen LogP contribution in [0.15, 0.2) is 217 Å². The molecule has 0 unspecified atom stereocenters. The summed E-state index contributed by atoms with van der Waals surface area (Å²) < 4.78 is 8.84. The number of para-hydroxylation sites is 1. The number of fused-ring (bicyclic) bond motifs is 9. The highest BCUT2D eigenvalue weighted by atomic mass is 32.1. The molecule has 0 N–H and O–H groups in total. The van der Waals surface area contributed by atoms with Crippen LogP contribution in [-0.4, -0.2) is 0 Å². The van der Waals surface area contributed by atoms with Gasteiger partial charge in [-0.15, -0.1) is 11.3 Å². The maximum atomic E-state index is 6.28. The molecular weight excluding hydrogens is 723 g/mol. The van der Waals surface area contributed by atoms with Crippen LogP contribution in [0.25, 0.3) is 64.4 Å². The highest BCUT2D eigenvalue weighted by Crippen LogP contribution is 2.57. The Hall–Kier alpha value is -7.20. The summed E-state index contributed by atoms with van der Waals surface area (Å²) in [7, 11) is 0. The monoisotopic (exact) mass is 757 g/mol. The number of nitrogens with zero attached hydrogens (tertiary/aromatic N) is 1. The molecule has 11 aromatic rings. The highest BCUT2D eigenvalue weighted by molar-refractivity contribution is 7.26. The minimum absolute atomic E-state index is 0.455. The molecule has 0 fully saturated rings. The summed E-state index contributed by atoms with van der Waals surface area (Å²) in [6.07, 6.45) is 0. The Morgan fingerprint density at radius 1 is 0.414 bits per heavy atom. The third-order valence-corrected chi connectivity index (χ3v) is 13.4. The zero-order chi connectivity index (χ0) is 38.2. The lowest BCUT2D eigenvalue weighted by atomic mass is 9.68. The van der Waals surface area contributed by atoms with E-state index in [1.165, 1.54) is 59.1 Å². The number of anilines is 3. The van der Waals surface area contributed by atoms with Crippen LogP contribution in [0.1, 0.15) is 22.3 Å². The van der Waals surface area contributed by atoms with Gasteiger partial charge in [0.1, 0.15) is 11.2 Å². The van der Waals surface area contributed by atoms with Crippen LogP contribution in [0.5, 0.6) is 0 Å². The van der Waals surface area contributed by atoms with Gasteiger partial charge in [-0.25, -0.2) is 0 Å². The van der Waals surface area contributed by atoms with Crippen LogP contribution in [-0.2, 0) is 5.41 Å². The molecule has 58 heavy (non-hydrogen) atoms. The highest BCUT2D eigenvalue weighted by Gasteiger charge is 2.46. The molecule has 0 atom stereocenters. The maximum Gasteiger partial charge on any atom is 0.136 e. The van der Waals surface area contributed by atoms with Crippen molar-refractivity contribution in [2.45, 2.75) is 5.41 Å². The molecule has 0 amide bonds. The minimum atomic E-state index is -0.455. The van der Waals surface area contributed by atoms with Gasteiger partial charge in [0, 0.05) is 37.6 Å². The Morgan fingerprint density at radius 3 is 1.83 bits per heavy atom. The first kappa shape index (κ1) is 33.0. The van der Waals surface area contributed by atoms with Crippen LogP contribution in [0.3, 0.4) is 0 Å². The average Bonchev–Trinajstić information content (AvgIpc) is 3.96. The second-order valence-corrected chi connectivity index (χ2v) is 16.2. The number of rotatable bonds is 6. The van der Waals surface area contributed by atoms with E-state index in [1.807, 2.05) is 23.5 Å². The smallest absolute Gasteiger partial charge is 0.136 e. The first-order valence-electron chi connectivity index (χ1n) is 19.8. The van der Waals surface area contributed by atoms with Crippen molar-refractivity contribution in [1.82, 2.24) is 0 Å². The van der Waals surface area contributed by atoms with Crippen molar-refractivity contribution >= 4 is 70.5 Å². The summed E-state index contributed by atoms with van der Waals surface area (Å²) in [5.41, 5.74) is 14.7. The van der Waals surface area contributed by atoms with Gasteiger partial charge in [-0.1, -0.05) is 164 Å². The van der Waals surface area contributed by atoms with Crippen molar-refractivity contribution in [1.29, 1.82) is 0 Å². The molecule has 12 rings (SSSR count). The molecule has 272 valence electrons. The predicted octanol–water partition coefficient (Wildman–Crippen LogP) is 15.5. The Balaban J connectivity index is 1.09. The van der Waals surface area contributed by atoms with Gasteiger partial charge in [0.05, 0.1) is 15.8 Å². The fourth-order valence-electron chi connectivity index (χ4n) is 9.72. The number of hydrogen-bond acceptors (Lipinski definition) is 3. The lowest BCUT2D eigenvalue weighted by molar-refractivity contribution is 0.669. The van der Waals surface area contributed by atoms with E-state index in [-0.39, 0.29) is 0 Å². The summed E-state index contributed by atoms with van der Waals surface area (Å²) in [5.74, 6) is 0. The van der Waals surface area contributed by atoms with Crippen molar-refractivity contribution in [3.8, 4) is 22.3 Å². The predicted molar refractivity (Wildman–Crippen MR) is 244 cm³/mol. The second-order valence-electron chi connectivity index (χ2n) is 15.2. The van der Waals surface area contributed by atoms with Gasteiger partial charge >= 0.3 is 0 Å². The van der Waals surface area contributed by atoms with E-state index in [2.05, 4.69) is 205 Å². The quantitative estimate of drug-likeness (QED) is 0.168. The molecule has 9 aromatic carbocycles. The van der Waals surface area contributed by atoms with Crippen LogP contribution in [0.2, 0.25) is 0 Å². The van der Waals surface area contributed by atoms with Gasteiger partial charge in [-0.05, 0) is 93.0 Å². The molecule has 0 spiro atoms. The Bertz CT molecular complexity index is 3300. The molecule has 1 aliphatic rings. The van der Waals surface area contributed by atoms with Crippen molar-refractivity contribution in [2.75, 3.05) is 4.90 Å². The fourth-order valence-corrected chi connectivity index (χ4v) is 10.9. The van der Waals surface area contributed by atoms with Crippen molar-refractivity contribution in [2.24, 2.45) is 0 Å². The van der Waals surface area contributed by atoms with E-state index < -0.39 is 5.41 Å². The van der Waals surface area contributed by atoms with E-state index >= 15 is 0 Å². The summed E-state index contributed by atoms with van der Waals surface area (Å²) in [6.45, 7) is 0. The standard InChI is InChI=1S/C55H35NOS/c1-3-15-37(16-4-1)55(38-17-5-2-6-18-38)47-24-10-7-19-42(47)46-35-40(33-34-48(46)55)56(49-25-13-23-44-43-20-9-12-28-52(43)58-54(44)49)39-31-29-36(30-32-39)41-22-14-27-51-53(41)45-21-8-11-26-50(45)57-51/h1-35H. The van der Waals surface area contributed by atoms with Gasteiger partial charge in [0.25, 0.3) is 0 Å². The number of thiophene rings is 1. The first-order valence-corrected chi connectivity index (χ1v) is 20.7. The molecule has 1 aliphatic carbocycles. The molecule has 0 saturated heterocycles. The van der Waals surface area contributed by atoms with Gasteiger partial charge in [0.2, 0.25) is 0 Å². The Morgan fingerprint density at radius 2 is 1.02 bits per heavy atom. The summed E-state index contributed by atoms with van der Waals surface area (Å²) in [5, 5.41) is 4.85. The topological polar surface area (TPSA) is 16.4 Å². The molecule has 2 nitrogen and oxygen atoms in total. The van der Waals surface area contributed by atoms with Gasteiger partial charge in [-0.2, -0.15) is 0 Å². The zero-order valence-electron chi connectivity index (χ0n) is 31.5. The molecule has 0 aliphatic heterocycles. The summed E-state index contributed by atoms with van der Waals surface area (Å²) in [6, 6.07) is 77.5. The molecule has 0 bridgehead atoms. The lowest BCUT2D eigenvalue weighted by Gasteiger charge is -2.34. The Kier molecular flexibility index (Phi) is 7.35. The van der Waals surface area contributed by atoms with Crippen LogP contribution in [0, 0.1) is 0 Å². The molecule has 0 saturated carbocycles. The maximum absolute atomic E-state index is 6.28. The molecule has 2 heterocycles. The van der Waals surface area contributed by atoms with Gasteiger partial charge in [-0.3, -0.25) is 0 Å². The van der Waals surface area contributed by atoms with Crippen LogP contribution in [0.4, 0.5) is 17.1 Å². The van der Waals surface area contributed by atoms with E-state index in [4.69, 9.17) is 4.42 Å².